The molecule has 4 heterocycles. The summed E-state index contributed by atoms with van der Waals surface area (Å²) in [6, 6.07) is 0. The Morgan fingerprint density at radius 3 is 2.38 bits per heavy atom. The van der Waals surface area contributed by atoms with Gasteiger partial charge in [-0.1, -0.05) is 0 Å². The van der Waals surface area contributed by atoms with Gasteiger partial charge >= 0.3 is 5.97 Å². The molecule has 4 bridgehead atoms. The standard InChI is InChI=1S/C10H15N3O8/c11-7-12-5(15)1-3-9(17,18)4-2(14)8(1,13-7)6(16)10(19,20-3)21-4/h1-6,14-19H,(H3,11,12,13)/t1-,2-,3-,4+,5-,6+,8-,10+/m1/s1. The maximum Gasteiger partial charge on any atom is 0.311 e. The molecule has 11 heteroatoms. The topological polar surface area (TPSA) is 190 Å². The van der Waals surface area contributed by atoms with Crippen LogP contribution >= 0.6 is 0 Å². The minimum atomic E-state index is -2.69. The second-order valence-electron chi connectivity index (χ2n) is 5.85. The molecule has 21 heavy (non-hydrogen) atoms. The van der Waals surface area contributed by atoms with Crippen LogP contribution in [0.3, 0.4) is 0 Å². The lowest BCUT2D eigenvalue weighted by atomic mass is 9.58. The van der Waals surface area contributed by atoms with Crippen LogP contribution in [-0.2, 0) is 9.47 Å². The minimum Gasteiger partial charge on any atom is -0.388 e. The molecule has 1 saturated carbocycles. The van der Waals surface area contributed by atoms with Gasteiger partial charge < -0.3 is 51.2 Å². The Bertz CT molecular complexity index is 542. The molecule has 8 atom stereocenters. The van der Waals surface area contributed by atoms with Crippen molar-refractivity contribution in [2.24, 2.45) is 16.6 Å². The van der Waals surface area contributed by atoms with Crippen LogP contribution in [0.2, 0.25) is 0 Å². The highest BCUT2D eigenvalue weighted by Gasteiger charge is 2.83. The minimum absolute atomic E-state index is 0.274. The number of nitrogens with zero attached hydrogens (tertiary/aromatic N) is 1. The van der Waals surface area contributed by atoms with Crippen LogP contribution in [0.1, 0.15) is 0 Å². The van der Waals surface area contributed by atoms with Crippen molar-refractivity contribution in [2.75, 3.05) is 0 Å². The van der Waals surface area contributed by atoms with Crippen molar-refractivity contribution in [1.29, 1.82) is 0 Å². The van der Waals surface area contributed by atoms with Crippen molar-refractivity contribution in [3.05, 3.63) is 0 Å². The third-order valence-electron chi connectivity index (χ3n) is 4.82. The molecular formula is C10H15N3O8. The summed E-state index contributed by atoms with van der Waals surface area (Å²) < 4.78 is 9.91. The molecule has 118 valence electrons. The summed E-state index contributed by atoms with van der Waals surface area (Å²) in [7, 11) is 0. The molecule has 5 rings (SSSR count). The molecule has 0 amide bonds. The average molecular weight is 305 g/mol. The zero-order valence-corrected chi connectivity index (χ0v) is 10.5. The summed E-state index contributed by atoms with van der Waals surface area (Å²) in [6.07, 6.45) is -8.37. The number of rotatable bonds is 0. The first-order valence-corrected chi connectivity index (χ1v) is 6.33. The molecule has 9 N–H and O–H groups in total. The van der Waals surface area contributed by atoms with Gasteiger partial charge in [-0.3, -0.25) is 0 Å². The number of hydrogen-bond donors (Lipinski definition) is 8. The first-order chi connectivity index (χ1) is 9.64. The lowest BCUT2D eigenvalue weighted by Gasteiger charge is -2.70. The summed E-state index contributed by atoms with van der Waals surface area (Å²) in [5, 5.41) is 63.8. The van der Waals surface area contributed by atoms with Gasteiger partial charge in [0.1, 0.15) is 23.9 Å². The van der Waals surface area contributed by atoms with Gasteiger partial charge in [-0.05, 0) is 0 Å². The van der Waals surface area contributed by atoms with E-state index in [1.807, 2.05) is 0 Å². The van der Waals surface area contributed by atoms with Crippen LogP contribution in [-0.4, -0.2) is 84.5 Å². The van der Waals surface area contributed by atoms with Crippen LogP contribution in [0.25, 0.3) is 0 Å². The van der Waals surface area contributed by atoms with Crippen molar-refractivity contribution in [1.82, 2.24) is 5.32 Å². The normalized spacial score (nSPS) is 60.2. The van der Waals surface area contributed by atoms with Gasteiger partial charge in [0, 0.05) is 0 Å². The van der Waals surface area contributed by atoms with Gasteiger partial charge in [0.2, 0.25) is 5.79 Å². The Labute approximate surface area is 117 Å². The van der Waals surface area contributed by atoms with E-state index in [1.54, 1.807) is 0 Å². The molecule has 1 aliphatic carbocycles. The summed E-state index contributed by atoms with van der Waals surface area (Å²) in [6.45, 7) is 0. The summed E-state index contributed by atoms with van der Waals surface area (Å²) in [5.74, 6) is -6.80. The molecule has 1 spiro atoms. The van der Waals surface area contributed by atoms with Crippen LogP contribution < -0.4 is 11.1 Å². The molecule has 0 aromatic heterocycles. The number of hydrogen-bond acceptors (Lipinski definition) is 11. The van der Waals surface area contributed by atoms with Gasteiger partial charge in [-0.2, -0.15) is 0 Å². The third-order valence-corrected chi connectivity index (χ3v) is 4.82. The monoisotopic (exact) mass is 305 g/mol. The van der Waals surface area contributed by atoms with Gasteiger partial charge in [-0.15, -0.1) is 0 Å². The molecule has 5 aliphatic rings. The highest BCUT2D eigenvalue weighted by atomic mass is 16.9. The fourth-order valence-electron chi connectivity index (χ4n) is 3.94. The van der Waals surface area contributed by atoms with Gasteiger partial charge in [0.25, 0.3) is 0 Å². The number of aliphatic hydroxyl groups excluding tert-OH is 3. The van der Waals surface area contributed by atoms with E-state index < -0.39 is 53.9 Å². The lowest BCUT2D eigenvalue weighted by molar-refractivity contribution is -0.569. The smallest absolute Gasteiger partial charge is 0.311 e. The van der Waals surface area contributed by atoms with E-state index >= 15 is 0 Å². The second kappa shape index (κ2) is 3.47. The predicted molar refractivity (Wildman–Crippen MR) is 60.9 cm³/mol. The van der Waals surface area contributed by atoms with E-state index in [2.05, 4.69) is 10.3 Å². The van der Waals surface area contributed by atoms with Crippen molar-refractivity contribution >= 4 is 5.96 Å². The Morgan fingerprint density at radius 2 is 1.71 bits per heavy atom. The van der Waals surface area contributed by atoms with Crippen LogP contribution in [0.4, 0.5) is 0 Å². The van der Waals surface area contributed by atoms with Crippen molar-refractivity contribution < 1.29 is 40.1 Å². The molecule has 0 unspecified atom stereocenters. The number of aliphatic hydroxyl groups is 6. The van der Waals surface area contributed by atoms with Gasteiger partial charge in [-0.25, -0.2) is 4.99 Å². The van der Waals surface area contributed by atoms with Crippen molar-refractivity contribution in [3.63, 3.8) is 0 Å². The van der Waals surface area contributed by atoms with E-state index in [0.29, 0.717) is 0 Å². The van der Waals surface area contributed by atoms with E-state index in [4.69, 9.17) is 15.2 Å². The largest absolute Gasteiger partial charge is 0.388 e. The Hall–Kier alpha value is -1.05. The average Bonchev–Trinajstić information content (AvgIpc) is 2.36. The van der Waals surface area contributed by atoms with E-state index in [-0.39, 0.29) is 5.96 Å². The Morgan fingerprint density at radius 1 is 1.10 bits per heavy atom. The van der Waals surface area contributed by atoms with Crippen LogP contribution in [0, 0.1) is 5.92 Å². The molecule has 3 saturated heterocycles. The van der Waals surface area contributed by atoms with Crippen LogP contribution in [0.15, 0.2) is 4.99 Å². The summed E-state index contributed by atoms with van der Waals surface area (Å²) in [4.78, 5) is 3.63. The third kappa shape index (κ3) is 1.25. The van der Waals surface area contributed by atoms with E-state index in [0.717, 1.165) is 0 Å². The highest BCUT2D eigenvalue weighted by Crippen LogP contribution is 2.57. The fourth-order valence-corrected chi connectivity index (χ4v) is 3.94. The zero-order valence-electron chi connectivity index (χ0n) is 10.5. The number of ether oxygens (including phenoxy) is 2. The number of guanidine groups is 1. The van der Waals surface area contributed by atoms with Crippen molar-refractivity contribution in [2.45, 2.75) is 47.9 Å². The van der Waals surface area contributed by atoms with Gasteiger partial charge in [0.05, 0.1) is 5.92 Å². The van der Waals surface area contributed by atoms with Crippen LogP contribution in [0.5, 0.6) is 0 Å². The molecule has 0 aromatic rings. The highest BCUT2D eigenvalue weighted by molar-refractivity contribution is 5.80. The predicted octanol–water partition coefficient (Wildman–Crippen LogP) is -5.56. The zero-order chi connectivity index (χ0) is 15.4. The Kier molecular flexibility index (Phi) is 2.25. The number of nitrogens with two attached hydrogens (primary N) is 1. The molecule has 4 aliphatic heterocycles. The molecule has 4 fully saturated rings. The fraction of sp³-hybridized carbons (Fsp3) is 0.900. The lowest BCUT2D eigenvalue weighted by Crippen LogP contribution is -2.95. The Balaban J connectivity index is 1.95. The first kappa shape index (κ1) is 13.6. The van der Waals surface area contributed by atoms with E-state index in [9.17, 15) is 30.6 Å². The maximum atomic E-state index is 10.4. The second-order valence-corrected chi connectivity index (χ2v) is 5.85. The summed E-state index contributed by atoms with van der Waals surface area (Å²) in [5.41, 5.74) is 3.74. The quantitative estimate of drug-likeness (QED) is 0.200. The van der Waals surface area contributed by atoms with E-state index in [1.165, 1.54) is 0 Å². The SMILES string of the molecule is NC1=N[C@H](O)[C@H]2[C@H]3O[C@]4(O)O[C@@H]([C@@H](O)[C@@]2(N1)[C@@H]4O)C3(O)O. The first-order valence-electron chi connectivity index (χ1n) is 6.33. The summed E-state index contributed by atoms with van der Waals surface area (Å²) >= 11 is 0. The molecular weight excluding hydrogens is 290 g/mol. The molecule has 0 radical (unpaired) electrons. The molecule has 11 nitrogen and oxygen atoms in total. The number of nitrogens with one attached hydrogen (secondary N) is 1. The maximum absolute atomic E-state index is 10.4. The number of aliphatic imine (C=N–C) groups is 1. The molecule has 0 aromatic carbocycles. The van der Waals surface area contributed by atoms with Crippen molar-refractivity contribution in [3.8, 4) is 0 Å². The van der Waals surface area contributed by atoms with Gasteiger partial charge in [0.15, 0.2) is 18.3 Å².